The zero-order chi connectivity index (χ0) is 28.1. The predicted molar refractivity (Wildman–Crippen MR) is 200 cm³/mol. The first-order valence-electron chi connectivity index (χ1n) is 14.1. The second kappa shape index (κ2) is 13.9. The van der Waals surface area contributed by atoms with Gasteiger partial charge in [0.1, 0.15) is 0 Å². The third-order valence-electron chi connectivity index (χ3n) is 7.84. The van der Waals surface area contributed by atoms with E-state index in [4.69, 9.17) is 0 Å². The van der Waals surface area contributed by atoms with Crippen LogP contribution in [0.3, 0.4) is 0 Å². The Morgan fingerprint density at radius 3 is 0.571 bits per heavy atom. The van der Waals surface area contributed by atoms with Crippen molar-refractivity contribution in [2.24, 2.45) is 0 Å². The Labute approximate surface area is 272 Å². The van der Waals surface area contributed by atoms with E-state index in [1.807, 2.05) is 64.8 Å². The molecule has 6 heteroatoms. The Bertz CT molecular complexity index is 1510. The third-order valence-corrected chi connectivity index (χ3v) is 14.5. The van der Waals surface area contributed by atoms with Crippen LogP contribution >= 0.6 is 64.8 Å². The van der Waals surface area contributed by atoms with Crippen molar-refractivity contribution in [3.63, 3.8) is 0 Å². The van der Waals surface area contributed by atoms with Gasteiger partial charge in [0.2, 0.25) is 0 Å². The molecule has 1 heterocycles. The van der Waals surface area contributed by atoms with Gasteiger partial charge in [0.15, 0.2) is 0 Å². The summed E-state index contributed by atoms with van der Waals surface area (Å²) in [4.78, 5) is 0. The van der Waals surface area contributed by atoms with Gasteiger partial charge in [-0.25, -0.2) is 0 Å². The van der Waals surface area contributed by atoms with Crippen LogP contribution in [0.1, 0.15) is 33.4 Å². The number of hydrogen-bond acceptors (Lipinski definition) is 6. The van der Waals surface area contributed by atoms with Crippen molar-refractivity contribution in [3.8, 4) is 0 Å². The minimum atomic E-state index is 1.01. The summed E-state index contributed by atoms with van der Waals surface area (Å²) in [6, 6.07) is 41.1. The topological polar surface area (TPSA) is 0 Å². The first-order valence-corrected chi connectivity index (χ1v) is 21.5. The van der Waals surface area contributed by atoms with E-state index in [9.17, 15) is 0 Å². The molecule has 0 atom stereocenters. The summed E-state index contributed by atoms with van der Waals surface area (Å²) in [5.41, 5.74) is 8.58. The maximum Gasteiger partial charge on any atom is 0.0295 e. The van der Waals surface area contributed by atoms with Crippen LogP contribution < -0.4 is 0 Å². The summed E-state index contributed by atoms with van der Waals surface area (Å²) in [6.07, 6.45) is 0. The molecule has 0 spiro atoms. The fourth-order valence-electron chi connectivity index (χ4n) is 5.71. The molecule has 0 nitrogen and oxygen atoms in total. The van der Waals surface area contributed by atoms with Gasteiger partial charge in [-0.1, -0.05) is 174 Å². The van der Waals surface area contributed by atoms with E-state index in [0.717, 1.165) is 34.5 Å². The molecule has 0 unspecified atom stereocenters. The molecule has 6 aromatic carbocycles. The lowest BCUT2D eigenvalue weighted by Gasteiger charge is -2.13. The zero-order valence-corrected chi connectivity index (χ0v) is 28.0. The highest BCUT2D eigenvalue weighted by atomic mass is 33.1. The molecule has 0 amide bonds. The van der Waals surface area contributed by atoms with Crippen molar-refractivity contribution in [1.29, 1.82) is 0 Å². The molecule has 0 aliphatic carbocycles. The summed E-state index contributed by atoms with van der Waals surface area (Å²) in [7, 11) is 11.8. The molecule has 42 heavy (non-hydrogen) atoms. The number of rotatable bonds is 0. The lowest BCUT2D eigenvalue weighted by Crippen LogP contribution is -1.90. The quantitative estimate of drug-likeness (QED) is 0.148. The minimum absolute atomic E-state index is 1.01. The first kappa shape index (κ1) is 28.9. The summed E-state index contributed by atoms with van der Waals surface area (Å²) in [5, 5.41) is 8.39. The van der Waals surface area contributed by atoms with E-state index in [1.54, 1.807) is 0 Å². The average molecular weight is 655 g/mol. The molecule has 6 aromatic rings. The summed E-state index contributed by atoms with van der Waals surface area (Å²) in [5.74, 6) is 6.09. The summed E-state index contributed by atoms with van der Waals surface area (Å²) < 4.78 is 0. The minimum Gasteiger partial charge on any atom is -0.0890 e. The van der Waals surface area contributed by atoms with Gasteiger partial charge in [-0.15, -0.1) is 0 Å². The van der Waals surface area contributed by atoms with Crippen LogP contribution in [0.2, 0.25) is 0 Å². The lowest BCUT2D eigenvalue weighted by atomic mass is 10.0. The summed E-state index contributed by atoms with van der Waals surface area (Å²) in [6.45, 7) is 0. The maximum atomic E-state index is 2.31. The fourth-order valence-corrected chi connectivity index (χ4v) is 12.3. The van der Waals surface area contributed by atoms with Gasteiger partial charge >= 0.3 is 0 Å². The smallest absolute Gasteiger partial charge is 0.0295 e. The second-order valence-electron chi connectivity index (χ2n) is 10.4. The number of benzene rings is 6. The molecule has 0 radical (unpaired) electrons. The van der Waals surface area contributed by atoms with E-state index in [1.165, 1.54) is 65.7 Å². The molecule has 0 saturated heterocycles. The maximum absolute atomic E-state index is 2.31. The molecule has 0 fully saturated rings. The first-order chi connectivity index (χ1) is 20.8. The van der Waals surface area contributed by atoms with Gasteiger partial charge in [0.05, 0.1) is 0 Å². The van der Waals surface area contributed by atoms with Crippen molar-refractivity contribution in [2.45, 2.75) is 34.5 Å². The highest BCUT2D eigenvalue weighted by Gasteiger charge is 2.11. The largest absolute Gasteiger partial charge is 0.0890 e. The van der Waals surface area contributed by atoms with Crippen LogP contribution in [-0.2, 0) is 34.5 Å². The highest BCUT2D eigenvalue weighted by Crippen LogP contribution is 2.39. The van der Waals surface area contributed by atoms with Crippen molar-refractivity contribution in [3.05, 3.63) is 143 Å². The monoisotopic (exact) mass is 654 g/mol. The zero-order valence-electron chi connectivity index (χ0n) is 23.1. The molecule has 1 aliphatic rings. The van der Waals surface area contributed by atoms with Gasteiger partial charge in [0.25, 0.3) is 0 Å². The van der Waals surface area contributed by atoms with Crippen molar-refractivity contribution >= 4 is 97.1 Å². The van der Waals surface area contributed by atoms with Gasteiger partial charge in [-0.05, 0) is 65.7 Å². The Kier molecular flexibility index (Phi) is 9.56. The molecule has 7 rings (SSSR count). The fraction of sp³-hybridized carbons (Fsp3) is 0.167. The van der Waals surface area contributed by atoms with Crippen LogP contribution in [0.25, 0.3) is 32.3 Å². The van der Waals surface area contributed by atoms with Gasteiger partial charge in [-0.2, -0.15) is 0 Å². The second-order valence-corrected chi connectivity index (χ2v) is 17.8. The van der Waals surface area contributed by atoms with E-state index < -0.39 is 0 Å². The molecule has 210 valence electrons. The highest BCUT2D eigenvalue weighted by molar-refractivity contribution is 8.76. The molecule has 0 N–H and O–H groups in total. The molecule has 0 saturated carbocycles. The standard InChI is InChI=1S/C36H30S6/c1-7-25-19-37-39-21-27-9-3-16-35-29(11-5-15-33(27)35)23-41-42-24-30-12-6-17-34-28(10-4-18-36(30)34)22-40-38-20-26-8-2-14-32(25)31(26)13-1/h1-18H,19-24H2. The van der Waals surface area contributed by atoms with Crippen molar-refractivity contribution in [1.82, 2.24) is 0 Å². The van der Waals surface area contributed by atoms with Gasteiger partial charge in [-0.3, -0.25) is 0 Å². The molecule has 1 aliphatic heterocycles. The third kappa shape index (κ3) is 6.36. The van der Waals surface area contributed by atoms with Gasteiger partial charge < -0.3 is 0 Å². The average Bonchev–Trinajstić information content (AvgIpc) is 3.03. The predicted octanol–water partition coefficient (Wildman–Crippen LogP) is 12.7. The van der Waals surface area contributed by atoms with Crippen LogP contribution in [0.4, 0.5) is 0 Å². The normalized spacial score (nSPS) is 15.4. The molecule has 12 bridgehead atoms. The lowest BCUT2D eigenvalue weighted by molar-refractivity contribution is 1.42. The number of hydrogen-bond donors (Lipinski definition) is 0. The van der Waals surface area contributed by atoms with Crippen molar-refractivity contribution < 1.29 is 0 Å². The van der Waals surface area contributed by atoms with E-state index >= 15 is 0 Å². The van der Waals surface area contributed by atoms with Gasteiger partial charge in [0, 0.05) is 34.5 Å². The van der Waals surface area contributed by atoms with Crippen LogP contribution in [0.5, 0.6) is 0 Å². The Balaban J connectivity index is 1.21. The molecule has 0 aromatic heterocycles. The van der Waals surface area contributed by atoms with Crippen molar-refractivity contribution in [2.75, 3.05) is 0 Å². The van der Waals surface area contributed by atoms with E-state index in [0.29, 0.717) is 0 Å². The Morgan fingerprint density at radius 2 is 0.405 bits per heavy atom. The summed E-state index contributed by atoms with van der Waals surface area (Å²) >= 11 is 0. The Morgan fingerprint density at radius 1 is 0.238 bits per heavy atom. The van der Waals surface area contributed by atoms with Crippen LogP contribution in [0, 0.1) is 0 Å². The van der Waals surface area contributed by atoms with Crippen LogP contribution in [-0.4, -0.2) is 0 Å². The van der Waals surface area contributed by atoms with Crippen LogP contribution in [0.15, 0.2) is 109 Å². The molecular formula is C36H30S6. The molecular weight excluding hydrogens is 625 g/mol. The SMILES string of the molecule is c1cc2c3cccc(c3c1)CSSCc1cccc3c(cccc13)CSSCc1cccc3c(cccc13)CSSC2. The van der Waals surface area contributed by atoms with E-state index in [2.05, 4.69) is 109 Å². The van der Waals surface area contributed by atoms with E-state index in [-0.39, 0.29) is 0 Å². The Hall–Kier alpha value is -1.80.